The Morgan fingerprint density at radius 2 is 1.73 bits per heavy atom. The minimum absolute atomic E-state index is 0.314. The van der Waals surface area contributed by atoms with E-state index in [1.54, 1.807) is 13.1 Å². The number of hydrogen-bond donors (Lipinski definition) is 1. The van der Waals surface area contributed by atoms with E-state index in [1.165, 1.54) is 4.90 Å². The van der Waals surface area contributed by atoms with Gasteiger partial charge in [-0.2, -0.15) is 0 Å². The van der Waals surface area contributed by atoms with Gasteiger partial charge in [-0.15, -0.1) is 0 Å². The number of aryl methyl sites for hydroxylation is 2. The minimum Gasteiger partial charge on any atom is -0.345 e. The normalized spacial score (nSPS) is 18.4. The van der Waals surface area contributed by atoms with Crippen molar-refractivity contribution >= 4 is 40.8 Å². The van der Waals surface area contributed by atoms with Crippen molar-refractivity contribution in [2.75, 3.05) is 13.6 Å². The molecule has 5 nitrogen and oxygen atoms in total. The summed E-state index contributed by atoms with van der Waals surface area (Å²) in [5, 5.41) is 3.70. The van der Waals surface area contributed by atoms with Crippen LogP contribution in [0.2, 0.25) is 10.0 Å². The largest absolute Gasteiger partial charge is 0.345 e. The average molecular weight is 447 g/mol. The number of hydrogen-bond acceptors (Lipinski definition) is 3. The van der Waals surface area contributed by atoms with Gasteiger partial charge in [0.2, 0.25) is 11.7 Å². The first-order chi connectivity index (χ1) is 14.4. The summed E-state index contributed by atoms with van der Waals surface area (Å²) < 4.78 is 0. The van der Waals surface area contributed by atoms with Gasteiger partial charge in [-0.3, -0.25) is 14.4 Å². The number of nitrogens with zero attached hydrogens (tertiary/aromatic N) is 1. The van der Waals surface area contributed by atoms with E-state index < -0.39 is 23.7 Å². The summed E-state index contributed by atoms with van der Waals surface area (Å²) in [4.78, 5) is 38.8. The molecule has 3 rings (SSSR count). The number of Topliss-reactive ketones (excluding diaryl/α,β-unsaturated/α-hetero) is 1. The molecule has 1 heterocycles. The molecule has 0 spiro atoms. The van der Waals surface area contributed by atoms with Crippen molar-refractivity contribution in [3.05, 3.63) is 69.7 Å². The summed E-state index contributed by atoms with van der Waals surface area (Å²) in [5.41, 5.74) is 2.13. The van der Waals surface area contributed by atoms with Crippen LogP contribution < -0.4 is 5.32 Å². The molecule has 158 valence electrons. The maximum atomic E-state index is 12.9. The molecule has 0 aliphatic carbocycles. The van der Waals surface area contributed by atoms with Crippen molar-refractivity contribution in [1.29, 1.82) is 0 Å². The maximum Gasteiger partial charge on any atom is 0.288 e. The molecule has 2 amide bonds. The molecule has 1 aliphatic heterocycles. The highest BCUT2D eigenvalue weighted by Gasteiger charge is 2.46. The number of halogens is 2. The van der Waals surface area contributed by atoms with E-state index in [-0.39, 0.29) is 5.91 Å². The van der Waals surface area contributed by atoms with E-state index in [0.717, 1.165) is 17.5 Å². The predicted octanol–water partition coefficient (Wildman–Crippen LogP) is 3.70. The van der Waals surface area contributed by atoms with Crippen LogP contribution >= 0.6 is 23.2 Å². The molecule has 1 aliphatic rings. The first-order valence-corrected chi connectivity index (χ1v) is 10.7. The van der Waals surface area contributed by atoms with Gasteiger partial charge in [-0.1, -0.05) is 59.6 Å². The highest BCUT2D eigenvalue weighted by atomic mass is 35.5. The molecule has 7 heteroatoms. The summed E-state index contributed by atoms with van der Waals surface area (Å²) in [6, 6.07) is 14.8. The van der Waals surface area contributed by atoms with Crippen LogP contribution in [-0.4, -0.2) is 42.1 Å². The SMILES string of the molecule is CN(CCCc1ccc(Cl)c(Cl)c1)C(=O)C1C(=O)C(=O)NC1CCc1ccccc1. The molecule has 2 atom stereocenters. The predicted molar refractivity (Wildman–Crippen MR) is 118 cm³/mol. The maximum absolute atomic E-state index is 12.9. The third kappa shape index (κ3) is 5.41. The topological polar surface area (TPSA) is 66.5 Å². The monoisotopic (exact) mass is 446 g/mol. The lowest BCUT2D eigenvalue weighted by molar-refractivity contribution is -0.143. The number of carbonyl (C=O) groups is 3. The van der Waals surface area contributed by atoms with Crippen molar-refractivity contribution in [1.82, 2.24) is 10.2 Å². The average Bonchev–Trinajstić information content (AvgIpc) is 3.02. The quantitative estimate of drug-likeness (QED) is 0.496. The van der Waals surface area contributed by atoms with Crippen LogP contribution in [0, 0.1) is 5.92 Å². The molecule has 1 N–H and O–H groups in total. The van der Waals surface area contributed by atoms with Crippen LogP contribution in [-0.2, 0) is 27.2 Å². The van der Waals surface area contributed by atoms with Crippen molar-refractivity contribution in [3.8, 4) is 0 Å². The number of amides is 2. The second kappa shape index (κ2) is 10.1. The highest BCUT2D eigenvalue weighted by molar-refractivity contribution is 6.43. The Bertz CT molecular complexity index is 933. The number of rotatable bonds is 8. The fourth-order valence-electron chi connectivity index (χ4n) is 3.70. The van der Waals surface area contributed by atoms with Crippen LogP contribution in [0.5, 0.6) is 0 Å². The molecule has 0 aromatic heterocycles. The first kappa shape index (κ1) is 22.3. The Balaban J connectivity index is 1.56. The lowest BCUT2D eigenvalue weighted by Crippen LogP contribution is -2.42. The number of ketones is 1. The zero-order chi connectivity index (χ0) is 21.7. The van der Waals surface area contributed by atoms with Gasteiger partial charge in [0.1, 0.15) is 5.92 Å². The summed E-state index contributed by atoms with van der Waals surface area (Å²) in [7, 11) is 1.67. The molecule has 1 fully saturated rings. The number of carbonyl (C=O) groups excluding carboxylic acids is 3. The Morgan fingerprint density at radius 3 is 2.43 bits per heavy atom. The number of nitrogens with one attached hydrogen (secondary N) is 1. The van der Waals surface area contributed by atoms with Crippen LogP contribution in [0.1, 0.15) is 24.0 Å². The molecule has 1 saturated heterocycles. The first-order valence-electron chi connectivity index (χ1n) is 9.94. The van der Waals surface area contributed by atoms with Gasteiger partial charge in [0.25, 0.3) is 5.91 Å². The second-order valence-corrected chi connectivity index (χ2v) is 8.37. The molecule has 2 aromatic rings. The van der Waals surface area contributed by atoms with E-state index in [4.69, 9.17) is 23.2 Å². The Labute approximate surface area is 186 Å². The summed E-state index contributed by atoms with van der Waals surface area (Å²) in [6.45, 7) is 0.475. The van der Waals surface area contributed by atoms with Crippen molar-refractivity contribution in [2.24, 2.45) is 5.92 Å². The lowest BCUT2D eigenvalue weighted by atomic mass is 9.92. The standard InChI is InChI=1S/C23H24Cl2N2O3/c1-27(13-5-8-16-9-11-17(24)18(25)14-16)23(30)20-19(26-22(29)21(20)28)12-10-15-6-3-2-4-7-15/h2-4,6-7,9,11,14,19-20H,5,8,10,12-13H2,1H3,(H,26,29). The highest BCUT2D eigenvalue weighted by Crippen LogP contribution is 2.24. The molecule has 0 saturated carbocycles. The third-order valence-electron chi connectivity index (χ3n) is 5.40. The van der Waals surface area contributed by atoms with Gasteiger partial charge in [0, 0.05) is 19.6 Å². The van der Waals surface area contributed by atoms with Crippen LogP contribution in [0.3, 0.4) is 0 Å². The Kier molecular flexibility index (Phi) is 7.51. The molecule has 0 radical (unpaired) electrons. The molecule has 2 unspecified atom stereocenters. The fourth-order valence-corrected chi connectivity index (χ4v) is 4.02. The fraction of sp³-hybridized carbons (Fsp3) is 0.348. The van der Waals surface area contributed by atoms with Gasteiger partial charge in [0.15, 0.2) is 0 Å². The summed E-state index contributed by atoms with van der Waals surface area (Å²) in [5.74, 6) is -2.59. The summed E-state index contributed by atoms with van der Waals surface area (Å²) in [6.07, 6.45) is 2.65. The third-order valence-corrected chi connectivity index (χ3v) is 6.14. The summed E-state index contributed by atoms with van der Waals surface area (Å²) >= 11 is 12.0. The zero-order valence-corrected chi connectivity index (χ0v) is 18.2. The molecular formula is C23H24Cl2N2O3. The van der Waals surface area contributed by atoms with E-state index in [2.05, 4.69) is 5.32 Å². The Morgan fingerprint density at radius 1 is 1.00 bits per heavy atom. The Hall–Kier alpha value is -2.37. The van der Waals surface area contributed by atoms with Crippen LogP contribution in [0.4, 0.5) is 0 Å². The van der Waals surface area contributed by atoms with Crippen molar-refractivity contribution in [3.63, 3.8) is 0 Å². The van der Waals surface area contributed by atoms with E-state index in [0.29, 0.717) is 35.9 Å². The smallest absolute Gasteiger partial charge is 0.288 e. The molecular weight excluding hydrogens is 423 g/mol. The van der Waals surface area contributed by atoms with Gasteiger partial charge >= 0.3 is 0 Å². The van der Waals surface area contributed by atoms with Crippen LogP contribution in [0.15, 0.2) is 48.5 Å². The van der Waals surface area contributed by atoms with Crippen LogP contribution in [0.25, 0.3) is 0 Å². The van der Waals surface area contributed by atoms with Gasteiger partial charge in [-0.25, -0.2) is 0 Å². The van der Waals surface area contributed by atoms with E-state index in [9.17, 15) is 14.4 Å². The molecule has 0 bridgehead atoms. The molecule has 2 aromatic carbocycles. The second-order valence-electron chi connectivity index (χ2n) is 7.56. The van der Waals surface area contributed by atoms with Crippen molar-refractivity contribution < 1.29 is 14.4 Å². The number of benzene rings is 2. The zero-order valence-electron chi connectivity index (χ0n) is 16.7. The molecule has 30 heavy (non-hydrogen) atoms. The van der Waals surface area contributed by atoms with E-state index in [1.807, 2.05) is 42.5 Å². The van der Waals surface area contributed by atoms with Crippen molar-refractivity contribution in [2.45, 2.75) is 31.7 Å². The van der Waals surface area contributed by atoms with Gasteiger partial charge < -0.3 is 10.2 Å². The van der Waals surface area contributed by atoms with Gasteiger partial charge in [0.05, 0.1) is 10.0 Å². The van der Waals surface area contributed by atoms with Gasteiger partial charge in [-0.05, 0) is 48.9 Å². The minimum atomic E-state index is -0.962. The van der Waals surface area contributed by atoms with E-state index >= 15 is 0 Å². The lowest BCUT2D eigenvalue weighted by Gasteiger charge is -2.23.